The molecule has 0 aromatic carbocycles. The lowest BCUT2D eigenvalue weighted by Crippen LogP contribution is -2.44. The molecule has 3 rings (SSSR count). The van der Waals surface area contributed by atoms with Crippen LogP contribution in [0.5, 0.6) is 5.75 Å². The first-order valence-electron chi connectivity index (χ1n) is 8.47. The average Bonchev–Trinajstić information content (AvgIpc) is 3.02. The number of nitrogens with zero attached hydrogens (tertiary/aromatic N) is 3. The summed E-state index contributed by atoms with van der Waals surface area (Å²) in [6, 6.07) is 5.43. The van der Waals surface area contributed by atoms with Gasteiger partial charge in [-0.25, -0.2) is 4.39 Å². The smallest absolute Gasteiger partial charge is 0.257 e. The highest BCUT2D eigenvalue weighted by Crippen LogP contribution is 2.21. The van der Waals surface area contributed by atoms with Gasteiger partial charge in [0.15, 0.2) is 12.4 Å². The number of alkyl halides is 1. The second kappa shape index (κ2) is 7.98. The number of pyridine rings is 2. The molecule has 0 saturated carbocycles. The van der Waals surface area contributed by atoms with Gasteiger partial charge < -0.3 is 20.5 Å². The zero-order chi connectivity index (χ0) is 19.4. The van der Waals surface area contributed by atoms with Crippen LogP contribution >= 0.6 is 0 Å². The highest BCUT2D eigenvalue weighted by atomic mass is 19.1. The number of aromatic nitrogens is 2. The molecule has 9 heteroatoms. The number of aromatic hydroxyl groups is 1. The summed E-state index contributed by atoms with van der Waals surface area (Å²) >= 11 is 0. The first-order chi connectivity index (χ1) is 12.9. The van der Waals surface area contributed by atoms with E-state index in [0.717, 1.165) is 6.20 Å². The summed E-state index contributed by atoms with van der Waals surface area (Å²) in [6.45, 7) is 0.0467. The van der Waals surface area contributed by atoms with Gasteiger partial charge >= 0.3 is 0 Å². The minimum absolute atomic E-state index is 0.00269. The monoisotopic (exact) mass is 374 g/mol. The fraction of sp³-hybridized carbons (Fsp3) is 0.333. The van der Waals surface area contributed by atoms with Gasteiger partial charge in [-0.1, -0.05) is 0 Å². The van der Waals surface area contributed by atoms with Crippen molar-refractivity contribution in [1.82, 2.24) is 15.2 Å². The third kappa shape index (κ3) is 4.69. The van der Waals surface area contributed by atoms with Crippen molar-refractivity contribution in [3.05, 3.63) is 59.3 Å². The molecule has 0 spiro atoms. The first kappa shape index (κ1) is 18.6. The van der Waals surface area contributed by atoms with Crippen LogP contribution in [0.1, 0.15) is 22.5 Å². The van der Waals surface area contributed by atoms with Crippen LogP contribution in [-0.4, -0.2) is 52.1 Å². The molecule has 8 nitrogen and oxygen atoms in total. The van der Waals surface area contributed by atoms with Crippen LogP contribution in [0.2, 0.25) is 0 Å². The van der Waals surface area contributed by atoms with E-state index in [-0.39, 0.29) is 43.2 Å². The maximum atomic E-state index is 13.9. The summed E-state index contributed by atoms with van der Waals surface area (Å²) in [4.78, 5) is 30.0. The Labute approximate surface area is 154 Å². The molecule has 0 aliphatic carbocycles. The Bertz CT molecular complexity index is 830. The van der Waals surface area contributed by atoms with Gasteiger partial charge in [-0.3, -0.25) is 14.6 Å². The van der Waals surface area contributed by atoms with E-state index in [4.69, 9.17) is 0 Å². The Morgan fingerprint density at radius 1 is 1.41 bits per heavy atom. The van der Waals surface area contributed by atoms with Crippen LogP contribution < -0.4 is 10.0 Å². The molecule has 1 aliphatic heterocycles. The number of rotatable bonds is 5. The Morgan fingerprint density at radius 2 is 2.22 bits per heavy atom. The lowest BCUT2D eigenvalue weighted by molar-refractivity contribution is -0.605. The predicted molar refractivity (Wildman–Crippen MR) is 92.4 cm³/mol. The van der Waals surface area contributed by atoms with Crippen molar-refractivity contribution in [3.8, 4) is 5.75 Å². The highest BCUT2D eigenvalue weighted by molar-refractivity contribution is 5.93. The molecule has 27 heavy (non-hydrogen) atoms. The molecule has 0 unspecified atom stereocenters. The van der Waals surface area contributed by atoms with Gasteiger partial charge in [0.2, 0.25) is 5.91 Å². The van der Waals surface area contributed by atoms with Gasteiger partial charge in [0.25, 0.3) is 5.91 Å². The SMILES string of the molecule is O=C(NC[C@@H]1C[C@H](F)CN1C(=O)Cc1ccc(O)cn1)c1ccc[n+]([O-])c1. The molecule has 2 atom stereocenters. The maximum absolute atomic E-state index is 13.9. The quantitative estimate of drug-likeness (QED) is 0.579. The van der Waals surface area contributed by atoms with E-state index >= 15 is 0 Å². The van der Waals surface area contributed by atoms with Crippen molar-refractivity contribution in [2.75, 3.05) is 13.1 Å². The molecule has 2 amide bonds. The lowest BCUT2D eigenvalue weighted by atomic mass is 10.2. The number of carbonyl (C=O) groups is 2. The van der Waals surface area contributed by atoms with E-state index < -0.39 is 18.1 Å². The Hall–Kier alpha value is -3.23. The van der Waals surface area contributed by atoms with Crippen molar-refractivity contribution in [3.63, 3.8) is 0 Å². The van der Waals surface area contributed by atoms with Crippen molar-refractivity contribution in [2.45, 2.75) is 25.1 Å². The number of amides is 2. The third-order valence-corrected chi connectivity index (χ3v) is 4.36. The van der Waals surface area contributed by atoms with E-state index in [1.165, 1.54) is 41.6 Å². The van der Waals surface area contributed by atoms with Crippen LogP contribution in [0.15, 0.2) is 42.9 Å². The van der Waals surface area contributed by atoms with Crippen LogP contribution in [0.3, 0.4) is 0 Å². The highest BCUT2D eigenvalue weighted by Gasteiger charge is 2.35. The first-order valence-corrected chi connectivity index (χ1v) is 8.47. The summed E-state index contributed by atoms with van der Waals surface area (Å²) in [5, 5.41) is 23.1. The molecule has 3 heterocycles. The van der Waals surface area contributed by atoms with Gasteiger partial charge in [0.1, 0.15) is 17.5 Å². The van der Waals surface area contributed by atoms with Gasteiger partial charge in [-0.15, -0.1) is 0 Å². The summed E-state index contributed by atoms with van der Waals surface area (Å²) < 4.78 is 14.4. The molecule has 0 bridgehead atoms. The van der Waals surface area contributed by atoms with Crippen LogP contribution in [-0.2, 0) is 11.2 Å². The average molecular weight is 374 g/mol. The van der Waals surface area contributed by atoms with Crippen LogP contribution in [0, 0.1) is 5.21 Å². The van der Waals surface area contributed by atoms with Gasteiger partial charge in [-0.05, 0) is 18.2 Å². The number of likely N-dealkylation sites (tertiary alicyclic amines) is 1. The minimum Gasteiger partial charge on any atom is -0.619 e. The summed E-state index contributed by atoms with van der Waals surface area (Å²) in [5.41, 5.74) is 0.653. The minimum atomic E-state index is -1.16. The zero-order valence-electron chi connectivity index (χ0n) is 14.4. The van der Waals surface area contributed by atoms with E-state index in [1.807, 2.05) is 0 Å². The number of hydrogen-bond acceptors (Lipinski definition) is 5. The zero-order valence-corrected chi connectivity index (χ0v) is 14.4. The van der Waals surface area contributed by atoms with Gasteiger partial charge in [0, 0.05) is 24.7 Å². The van der Waals surface area contributed by atoms with Gasteiger partial charge in [-0.2, -0.15) is 4.73 Å². The molecular weight excluding hydrogens is 355 g/mol. The summed E-state index contributed by atoms with van der Waals surface area (Å²) in [7, 11) is 0. The molecule has 1 fully saturated rings. The van der Waals surface area contributed by atoms with E-state index in [9.17, 15) is 24.3 Å². The van der Waals surface area contributed by atoms with E-state index in [1.54, 1.807) is 0 Å². The number of nitrogens with one attached hydrogen (secondary N) is 1. The van der Waals surface area contributed by atoms with Crippen LogP contribution in [0.4, 0.5) is 4.39 Å². The fourth-order valence-corrected chi connectivity index (χ4v) is 3.04. The maximum Gasteiger partial charge on any atom is 0.257 e. The summed E-state index contributed by atoms with van der Waals surface area (Å²) in [6.07, 6.45) is 2.59. The molecule has 2 aromatic heterocycles. The summed E-state index contributed by atoms with van der Waals surface area (Å²) in [5.74, 6) is -0.767. The van der Waals surface area contributed by atoms with Crippen molar-refractivity contribution >= 4 is 11.8 Å². The molecule has 1 saturated heterocycles. The van der Waals surface area contributed by atoms with Crippen molar-refractivity contribution in [2.24, 2.45) is 0 Å². The molecule has 0 radical (unpaired) electrons. The lowest BCUT2D eigenvalue weighted by Gasteiger charge is -2.24. The van der Waals surface area contributed by atoms with E-state index in [2.05, 4.69) is 10.3 Å². The molecule has 142 valence electrons. The molecule has 2 aromatic rings. The number of carbonyl (C=O) groups excluding carboxylic acids is 2. The molecule has 2 N–H and O–H groups in total. The van der Waals surface area contributed by atoms with Crippen molar-refractivity contribution < 1.29 is 23.8 Å². The molecule has 1 aliphatic rings. The number of hydrogen-bond donors (Lipinski definition) is 2. The standard InChI is InChI=1S/C18H19FN4O4/c19-13-6-15(8-21-18(26)12-2-1-5-22(27)10-12)23(11-13)17(25)7-14-3-4-16(24)9-20-14/h1-5,9-10,13,15,24H,6-8,11H2,(H,21,26)/t13-,15-/m0/s1. The second-order valence-corrected chi connectivity index (χ2v) is 6.38. The predicted octanol–water partition coefficient (Wildman–Crippen LogP) is 0.332. The topological polar surface area (TPSA) is 109 Å². The largest absolute Gasteiger partial charge is 0.619 e. The van der Waals surface area contributed by atoms with Crippen LogP contribution in [0.25, 0.3) is 0 Å². The Morgan fingerprint density at radius 3 is 2.93 bits per heavy atom. The normalized spacial score (nSPS) is 19.1. The van der Waals surface area contributed by atoms with E-state index in [0.29, 0.717) is 10.4 Å². The number of halogens is 1. The van der Waals surface area contributed by atoms with Crippen molar-refractivity contribution in [1.29, 1.82) is 0 Å². The Balaban J connectivity index is 1.60. The molecular formula is C18H19FN4O4. The third-order valence-electron chi connectivity index (χ3n) is 4.36. The Kier molecular flexibility index (Phi) is 5.49. The fourth-order valence-electron chi connectivity index (χ4n) is 3.04. The van der Waals surface area contributed by atoms with Gasteiger partial charge in [0.05, 0.1) is 25.2 Å². The second-order valence-electron chi connectivity index (χ2n) is 6.38.